The molecule has 0 saturated heterocycles. The molecule has 0 saturated carbocycles. The van der Waals surface area contributed by atoms with Crippen LogP contribution in [0, 0.1) is 0 Å². The van der Waals surface area contributed by atoms with Crippen molar-refractivity contribution in [1.82, 2.24) is 9.97 Å². The summed E-state index contributed by atoms with van der Waals surface area (Å²) >= 11 is 3.05. The molecule has 0 unspecified atom stereocenters. The van der Waals surface area contributed by atoms with Gasteiger partial charge in [0.25, 0.3) is 5.56 Å². The van der Waals surface area contributed by atoms with Crippen molar-refractivity contribution >= 4 is 29.5 Å². The third-order valence-electron chi connectivity index (χ3n) is 2.96. The van der Waals surface area contributed by atoms with Gasteiger partial charge in [0.15, 0.2) is 5.16 Å². The average Bonchev–Trinajstić information content (AvgIpc) is 3.13. The van der Waals surface area contributed by atoms with Crippen LogP contribution < -0.4 is 5.56 Å². The predicted octanol–water partition coefficient (Wildman–Crippen LogP) is 2.19. The molecule has 2 aromatic heterocycles. The topological polar surface area (TPSA) is 85.2 Å². The van der Waals surface area contributed by atoms with Gasteiger partial charge in [-0.05, 0) is 12.1 Å². The molecule has 3 rings (SSSR count). The number of fused-ring (bicyclic) bond motifs is 1. The van der Waals surface area contributed by atoms with E-state index in [0.717, 1.165) is 22.8 Å². The van der Waals surface area contributed by atoms with Crippen LogP contribution in [0.3, 0.4) is 0 Å². The van der Waals surface area contributed by atoms with E-state index in [4.69, 9.17) is 4.42 Å². The number of hydrogen-bond acceptors (Lipinski definition) is 7. The van der Waals surface area contributed by atoms with Crippen LogP contribution in [0.4, 0.5) is 0 Å². The highest BCUT2D eigenvalue weighted by Crippen LogP contribution is 2.27. The number of nitrogens with one attached hydrogen (secondary N) is 1. The lowest BCUT2D eigenvalue weighted by molar-refractivity contribution is 0.0563. The highest BCUT2D eigenvalue weighted by atomic mass is 32.2. The van der Waals surface area contributed by atoms with Crippen molar-refractivity contribution in [2.75, 3.05) is 7.11 Å². The maximum absolute atomic E-state index is 11.9. The molecule has 0 spiro atoms. The van der Waals surface area contributed by atoms with E-state index < -0.39 is 5.97 Å². The number of hydrogen-bond donors (Lipinski definition) is 1. The molecule has 0 fully saturated rings. The smallest absolute Gasteiger partial charge is 0.373 e. The molecule has 1 N–H and O–H groups in total. The van der Waals surface area contributed by atoms with Crippen LogP contribution in [0.1, 0.15) is 27.6 Å². The average molecular weight is 324 g/mol. The summed E-state index contributed by atoms with van der Waals surface area (Å²) in [7, 11) is 1.30. The number of furan rings is 1. The van der Waals surface area contributed by atoms with Gasteiger partial charge < -0.3 is 14.1 Å². The summed E-state index contributed by atoms with van der Waals surface area (Å²) in [6, 6.07) is 3.28. The van der Waals surface area contributed by atoms with Gasteiger partial charge >= 0.3 is 5.97 Å². The van der Waals surface area contributed by atoms with E-state index in [0.29, 0.717) is 16.7 Å². The molecule has 21 heavy (non-hydrogen) atoms. The van der Waals surface area contributed by atoms with Gasteiger partial charge in [-0.1, -0.05) is 11.8 Å². The fraction of sp³-hybridized carbons (Fsp3) is 0.308. The van der Waals surface area contributed by atoms with Gasteiger partial charge in [-0.25, -0.2) is 9.78 Å². The fourth-order valence-electron chi connectivity index (χ4n) is 1.91. The minimum atomic E-state index is -0.507. The second-order valence-electron chi connectivity index (χ2n) is 4.34. The van der Waals surface area contributed by atoms with Crippen LogP contribution in [-0.2, 0) is 22.0 Å². The van der Waals surface area contributed by atoms with Crippen LogP contribution in [0.25, 0.3) is 0 Å². The van der Waals surface area contributed by atoms with Gasteiger partial charge in [0.2, 0.25) is 5.76 Å². The third-order valence-corrected chi connectivity index (χ3v) is 4.83. The number of aromatic amines is 1. The first-order valence-corrected chi connectivity index (χ1v) is 8.31. The normalized spacial score (nSPS) is 13.2. The van der Waals surface area contributed by atoms with Gasteiger partial charge in [0, 0.05) is 17.1 Å². The van der Waals surface area contributed by atoms with E-state index in [9.17, 15) is 9.59 Å². The van der Waals surface area contributed by atoms with Gasteiger partial charge in [0.05, 0.1) is 18.6 Å². The van der Waals surface area contributed by atoms with Gasteiger partial charge in [0.1, 0.15) is 5.76 Å². The number of carbonyl (C=O) groups excluding carboxylic acids is 1. The maximum Gasteiger partial charge on any atom is 0.373 e. The summed E-state index contributed by atoms with van der Waals surface area (Å²) in [5.74, 6) is 2.26. The first-order chi connectivity index (χ1) is 10.2. The Labute approximate surface area is 128 Å². The van der Waals surface area contributed by atoms with Gasteiger partial charge in [-0.15, -0.1) is 0 Å². The zero-order chi connectivity index (χ0) is 14.8. The summed E-state index contributed by atoms with van der Waals surface area (Å²) in [5, 5.41) is 0.567. The Morgan fingerprint density at radius 2 is 2.38 bits per heavy atom. The van der Waals surface area contributed by atoms with E-state index in [1.807, 2.05) is 0 Å². The first kappa shape index (κ1) is 14.3. The molecule has 0 aliphatic carbocycles. The Kier molecular flexibility index (Phi) is 4.07. The van der Waals surface area contributed by atoms with Crippen molar-refractivity contribution in [3.63, 3.8) is 0 Å². The Morgan fingerprint density at radius 3 is 3.19 bits per heavy atom. The molecule has 0 radical (unpaired) electrons. The largest absolute Gasteiger partial charge is 0.463 e. The highest BCUT2D eigenvalue weighted by molar-refractivity contribution is 7.98. The van der Waals surface area contributed by atoms with E-state index in [-0.39, 0.29) is 11.3 Å². The molecule has 0 atom stereocenters. The molecular formula is C13H12N2O4S2. The number of thioether (sulfide) groups is 2. The molecule has 8 heteroatoms. The second-order valence-corrected chi connectivity index (χ2v) is 6.28. The van der Waals surface area contributed by atoms with E-state index in [2.05, 4.69) is 14.7 Å². The fourth-order valence-corrected chi connectivity index (χ4v) is 3.72. The summed E-state index contributed by atoms with van der Waals surface area (Å²) < 4.78 is 9.94. The third kappa shape index (κ3) is 3.01. The number of nitrogens with zero attached hydrogens (tertiary/aromatic N) is 1. The lowest BCUT2D eigenvalue weighted by Gasteiger charge is -2.02. The Balaban J connectivity index is 1.71. The zero-order valence-corrected chi connectivity index (χ0v) is 12.8. The molecule has 1 aliphatic rings. The lowest BCUT2D eigenvalue weighted by Crippen LogP contribution is -2.14. The molecule has 0 aromatic carbocycles. The summed E-state index contributed by atoms with van der Waals surface area (Å²) in [4.78, 5) is 30.4. The molecule has 110 valence electrons. The molecule has 3 heterocycles. The van der Waals surface area contributed by atoms with Crippen molar-refractivity contribution in [3.05, 3.63) is 45.3 Å². The number of methoxy groups -OCH3 is 1. The van der Waals surface area contributed by atoms with Crippen molar-refractivity contribution in [1.29, 1.82) is 0 Å². The number of carbonyl (C=O) groups is 1. The maximum atomic E-state index is 11.9. The minimum absolute atomic E-state index is 0.0674. The Hall–Kier alpha value is -1.67. The summed E-state index contributed by atoms with van der Waals surface area (Å²) in [6.07, 6.45) is 0. The van der Waals surface area contributed by atoms with E-state index in [1.54, 1.807) is 23.9 Å². The summed E-state index contributed by atoms with van der Waals surface area (Å²) in [5.41, 5.74) is 1.57. The number of aromatic nitrogens is 2. The van der Waals surface area contributed by atoms with E-state index >= 15 is 0 Å². The van der Waals surface area contributed by atoms with Crippen molar-refractivity contribution in [2.45, 2.75) is 22.4 Å². The standard InChI is InChI=1S/C13H12N2O4S2/c1-18-12(17)10-3-2-7(19-10)4-21-13-14-9-6-20-5-8(9)11(16)15-13/h2-3H,4-6H2,1H3,(H,14,15,16). The van der Waals surface area contributed by atoms with Crippen molar-refractivity contribution in [3.8, 4) is 0 Å². The number of esters is 1. The van der Waals surface area contributed by atoms with Crippen molar-refractivity contribution in [2.24, 2.45) is 0 Å². The van der Waals surface area contributed by atoms with Gasteiger partial charge in [-0.2, -0.15) is 11.8 Å². The minimum Gasteiger partial charge on any atom is -0.463 e. The number of H-pyrrole nitrogens is 1. The Bertz CT molecular complexity index is 738. The van der Waals surface area contributed by atoms with Crippen LogP contribution >= 0.6 is 23.5 Å². The highest BCUT2D eigenvalue weighted by Gasteiger charge is 2.18. The van der Waals surface area contributed by atoms with Crippen LogP contribution in [0.2, 0.25) is 0 Å². The molecule has 0 bridgehead atoms. The molecule has 6 nitrogen and oxygen atoms in total. The first-order valence-electron chi connectivity index (χ1n) is 6.17. The second kappa shape index (κ2) is 5.98. The van der Waals surface area contributed by atoms with E-state index in [1.165, 1.54) is 18.9 Å². The molecule has 0 amide bonds. The number of ether oxygens (including phenoxy) is 1. The molecule has 1 aliphatic heterocycles. The zero-order valence-electron chi connectivity index (χ0n) is 11.2. The summed E-state index contributed by atoms with van der Waals surface area (Å²) in [6.45, 7) is 0. The van der Waals surface area contributed by atoms with Gasteiger partial charge in [-0.3, -0.25) is 4.79 Å². The monoisotopic (exact) mass is 324 g/mol. The van der Waals surface area contributed by atoms with Crippen LogP contribution in [0.15, 0.2) is 26.5 Å². The molecular weight excluding hydrogens is 312 g/mol. The molecule has 2 aromatic rings. The van der Waals surface area contributed by atoms with Crippen LogP contribution in [0.5, 0.6) is 0 Å². The number of rotatable bonds is 4. The van der Waals surface area contributed by atoms with Crippen molar-refractivity contribution < 1.29 is 13.9 Å². The quantitative estimate of drug-likeness (QED) is 0.524. The SMILES string of the molecule is COC(=O)c1ccc(CSc2nc3c(c(=O)[nH]2)CSC3)o1. The lowest BCUT2D eigenvalue weighted by atomic mass is 10.3. The Morgan fingerprint density at radius 1 is 1.52 bits per heavy atom. The van der Waals surface area contributed by atoms with Crippen LogP contribution in [-0.4, -0.2) is 23.0 Å². The predicted molar refractivity (Wildman–Crippen MR) is 79.5 cm³/mol.